The summed E-state index contributed by atoms with van der Waals surface area (Å²) < 4.78 is 0. The molecule has 0 aliphatic carbocycles. The topological polar surface area (TPSA) is 118 Å². The van der Waals surface area contributed by atoms with E-state index in [-0.39, 0.29) is 21.2 Å². The van der Waals surface area contributed by atoms with Gasteiger partial charge in [-0.25, -0.2) is 0 Å². The van der Waals surface area contributed by atoms with Gasteiger partial charge in [-0.15, -0.1) is 0 Å². The highest BCUT2D eigenvalue weighted by Crippen LogP contribution is 2.48. The summed E-state index contributed by atoms with van der Waals surface area (Å²) in [5.74, 6) is -0.460. The Morgan fingerprint density at radius 1 is 0.512 bits per heavy atom. The maximum absolute atomic E-state index is 11.9. The molecule has 0 saturated heterocycles. The number of fused-ring (bicyclic) bond motifs is 2. The van der Waals surface area contributed by atoms with E-state index in [1.165, 1.54) is 12.1 Å². The van der Waals surface area contributed by atoms with Crippen LogP contribution in [0.3, 0.4) is 0 Å². The first-order chi connectivity index (χ1) is 21.0. The van der Waals surface area contributed by atoms with Crippen molar-refractivity contribution in [3.63, 3.8) is 0 Å². The second kappa shape index (κ2) is 10.4. The first kappa shape index (κ1) is 25.9. The van der Waals surface area contributed by atoms with Gasteiger partial charge in [0.2, 0.25) is 0 Å². The van der Waals surface area contributed by atoms with E-state index >= 15 is 0 Å². The molecule has 0 radical (unpaired) electrons. The summed E-state index contributed by atoms with van der Waals surface area (Å²) >= 11 is 0. The maximum Gasteiger partial charge on any atom is 0.270 e. The Morgan fingerprint density at radius 3 is 1.30 bits per heavy atom. The zero-order chi connectivity index (χ0) is 29.5. The number of nitro groups is 2. The molecule has 8 heteroatoms. The number of aromatic nitrogens is 2. The summed E-state index contributed by atoms with van der Waals surface area (Å²) in [6, 6.07) is 39.3. The van der Waals surface area contributed by atoms with Crippen LogP contribution in [0, 0.1) is 20.2 Å². The minimum Gasteiger partial charge on any atom is -0.354 e. The Balaban J connectivity index is 1.66. The van der Waals surface area contributed by atoms with Gasteiger partial charge in [0.1, 0.15) is 0 Å². The second-order valence-corrected chi connectivity index (χ2v) is 10.4. The fraction of sp³-hybridized carbons (Fsp3) is 0.0286. The average Bonchev–Trinajstić information content (AvgIpc) is 3.61. The minimum absolute atomic E-state index is 0.0166. The van der Waals surface area contributed by atoms with Crippen molar-refractivity contribution in [2.24, 2.45) is 0 Å². The fourth-order valence-electron chi connectivity index (χ4n) is 6.02. The second-order valence-electron chi connectivity index (χ2n) is 10.4. The van der Waals surface area contributed by atoms with Gasteiger partial charge in [-0.1, -0.05) is 91.0 Å². The molecule has 8 nitrogen and oxygen atoms in total. The summed E-state index contributed by atoms with van der Waals surface area (Å²) in [5, 5.41) is 25.3. The Kier molecular flexibility index (Phi) is 6.28. The predicted molar refractivity (Wildman–Crippen MR) is 168 cm³/mol. The van der Waals surface area contributed by atoms with Crippen LogP contribution >= 0.6 is 0 Å². The SMILES string of the molecule is O=[N+]([O-])c1ccc2[nH]c(-c3ccccc3)c(C(c3ccccc3)c3c(-c4ccccc4)[nH]c4ccc([N+](=O)[O-])cc34)c2c1. The Bertz CT molecular complexity index is 2000. The van der Waals surface area contributed by atoms with Gasteiger partial charge < -0.3 is 9.97 Å². The van der Waals surface area contributed by atoms with E-state index in [4.69, 9.17) is 0 Å². The molecule has 7 aromatic rings. The Labute approximate surface area is 245 Å². The lowest BCUT2D eigenvalue weighted by molar-refractivity contribution is -0.384. The van der Waals surface area contributed by atoms with E-state index in [2.05, 4.69) is 9.97 Å². The number of nitrogens with one attached hydrogen (secondary N) is 2. The monoisotopic (exact) mass is 564 g/mol. The number of non-ortho nitro benzene ring substituents is 2. The summed E-state index contributed by atoms with van der Waals surface area (Å²) in [5.41, 5.74) is 7.60. The highest BCUT2D eigenvalue weighted by atomic mass is 16.6. The summed E-state index contributed by atoms with van der Waals surface area (Å²) in [4.78, 5) is 30.2. The summed E-state index contributed by atoms with van der Waals surface area (Å²) in [6.45, 7) is 0. The molecular weight excluding hydrogens is 540 g/mol. The lowest BCUT2D eigenvalue weighted by atomic mass is 9.80. The Morgan fingerprint density at radius 2 is 0.907 bits per heavy atom. The van der Waals surface area contributed by atoms with Crippen LogP contribution in [0.5, 0.6) is 0 Å². The van der Waals surface area contributed by atoms with Crippen LogP contribution < -0.4 is 0 Å². The van der Waals surface area contributed by atoms with Crippen molar-refractivity contribution < 1.29 is 9.85 Å². The van der Waals surface area contributed by atoms with Crippen LogP contribution in [0.4, 0.5) is 11.4 Å². The molecule has 0 bridgehead atoms. The number of hydrogen-bond donors (Lipinski definition) is 2. The van der Waals surface area contributed by atoms with Crippen LogP contribution in [0.2, 0.25) is 0 Å². The number of benzene rings is 5. The van der Waals surface area contributed by atoms with Gasteiger partial charge in [-0.3, -0.25) is 20.2 Å². The van der Waals surface area contributed by atoms with E-state index in [9.17, 15) is 20.2 Å². The van der Waals surface area contributed by atoms with Gasteiger partial charge in [0.15, 0.2) is 0 Å². The molecule has 2 N–H and O–H groups in total. The first-order valence-corrected chi connectivity index (χ1v) is 13.8. The molecule has 0 saturated carbocycles. The van der Waals surface area contributed by atoms with Crippen molar-refractivity contribution in [3.05, 3.63) is 164 Å². The molecule has 2 aromatic heterocycles. The van der Waals surface area contributed by atoms with E-state index in [1.807, 2.05) is 91.0 Å². The molecule has 0 unspecified atom stereocenters. The lowest BCUT2D eigenvalue weighted by Gasteiger charge is -2.22. The van der Waals surface area contributed by atoms with Crippen LogP contribution in [0.1, 0.15) is 22.6 Å². The standard InChI is InChI=1S/C35H24N4O4/c40-38(41)25-16-18-29-27(20-25)32(34(36-29)23-12-6-2-7-13-23)31(22-10-4-1-5-11-22)33-28-21-26(39(42)43)17-19-30(28)37-35(33)24-14-8-3-9-15-24/h1-21,31,36-37H. The number of rotatable bonds is 7. The quantitative estimate of drug-likeness (QED) is 0.148. The van der Waals surface area contributed by atoms with Gasteiger partial charge in [0.25, 0.3) is 11.4 Å². The minimum atomic E-state index is -0.460. The molecule has 208 valence electrons. The normalized spacial score (nSPS) is 11.4. The average molecular weight is 565 g/mol. The number of aromatic amines is 2. The van der Waals surface area contributed by atoms with Crippen LogP contribution in [-0.2, 0) is 0 Å². The Hall–Kier alpha value is -6.02. The van der Waals surface area contributed by atoms with Gasteiger partial charge in [-0.05, 0) is 39.9 Å². The van der Waals surface area contributed by atoms with Gasteiger partial charge in [0, 0.05) is 52.0 Å². The van der Waals surface area contributed by atoms with Crippen molar-refractivity contribution in [1.82, 2.24) is 9.97 Å². The van der Waals surface area contributed by atoms with Crippen molar-refractivity contribution in [1.29, 1.82) is 0 Å². The lowest BCUT2D eigenvalue weighted by Crippen LogP contribution is -2.06. The number of hydrogen-bond acceptors (Lipinski definition) is 4. The van der Waals surface area contributed by atoms with E-state index in [0.717, 1.165) is 50.2 Å². The van der Waals surface area contributed by atoms with Crippen LogP contribution in [0.15, 0.2) is 127 Å². The molecule has 0 atom stereocenters. The molecule has 7 rings (SSSR count). The van der Waals surface area contributed by atoms with Crippen LogP contribution in [0.25, 0.3) is 44.3 Å². The molecule has 2 heterocycles. The molecule has 0 amide bonds. The largest absolute Gasteiger partial charge is 0.354 e. The van der Waals surface area contributed by atoms with E-state index in [1.54, 1.807) is 24.3 Å². The highest BCUT2D eigenvalue weighted by molar-refractivity contribution is 5.98. The third-order valence-electron chi connectivity index (χ3n) is 7.90. The first-order valence-electron chi connectivity index (χ1n) is 13.8. The fourth-order valence-corrected chi connectivity index (χ4v) is 6.02. The zero-order valence-electron chi connectivity index (χ0n) is 22.7. The third-order valence-corrected chi connectivity index (χ3v) is 7.90. The summed E-state index contributed by atoms with van der Waals surface area (Å²) in [7, 11) is 0. The van der Waals surface area contributed by atoms with Crippen molar-refractivity contribution >= 4 is 33.2 Å². The number of H-pyrrole nitrogens is 2. The number of nitro benzene ring substituents is 2. The maximum atomic E-state index is 11.9. The molecule has 5 aromatic carbocycles. The van der Waals surface area contributed by atoms with Gasteiger partial charge in [0.05, 0.1) is 21.2 Å². The number of nitrogens with zero attached hydrogens (tertiary/aromatic N) is 2. The highest BCUT2D eigenvalue weighted by Gasteiger charge is 2.31. The van der Waals surface area contributed by atoms with E-state index < -0.39 is 5.92 Å². The van der Waals surface area contributed by atoms with Crippen LogP contribution in [-0.4, -0.2) is 19.8 Å². The third kappa shape index (κ3) is 4.51. The van der Waals surface area contributed by atoms with Gasteiger partial charge >= 0.3 is 0 Å². The molecule has 43 heavy (non-hydrogen) atoms. The molecule has 0 fully saturated rings. The molecule has 0 spiro atoms. The van der Waals surface area contributed by atoms with Gasteiger partial charge in [-0.2, -0.15) is 0 Å². The smallest absolute Gasteiger partial charge is 0.270 e. The van der Waals surface area contributed by atoms with Crippen molar-refractivity contribution in [2.75, 3.05) is 0 Å². The van der Waals surface area contributed by atoms with E-state index in [0.29, 0.717) is 10.8 Å². The molecular formula is C35H24N4O4. The molecule has 0 aliphatic heterocycles. The predicted octanol–water partition coefficient (Wildman–Crippen LogP) is 8.98. The van der Waals surface area contributed by atoms with Crippen molar-refractivity contribution in [2.45, 2.75) is 5.92 Å². The summed E-state index contributed by atoms with van der Waals surface area (Å²) in [6.07, 6.45) is 0. The zero-order valence-corrected chi connectivity index (χ0v) is 22.7. The molecule has 0 aliphatic rings. The van der Waals surface area contributed by atoms with Crippen molar-refractivity contribution in [3.8, 4) is 22.5 Å².